The molecule has 1 N–H and O–H groups in total. The van der Waals surface area contributed by atoms with Crippen molar-refractivity contribution in [2.24, 2.45) is 0 Å². The van der Waals surface area contributed by atoms with Gasteiger partial charge in [-0.05, 0) is 29.7 Å². The number of aromatic hydroxyl groups is 1. The molecule has 0 fully saturated rings. The SMILES string of the molecule is Oc1ccc(C2=CC2)cc1. The molecule has 1 heteroatoms. The highest BCUT2D eigenvalue weighted by Gasteiger charge is 2.08. The Morgan fingerprint density at radius 2 is 1.70 bits per heavy atom. The first-order valence-electron chi connectivity index (χ1n) is 3.35. The first-order chi connectivity index (χ1) is 4.86. The van der Waals surface area contributed by atoms with Gasteiger partial charge in [-0.2, -0.15) is 0 Å². The maximum Gasteiger partial charge on any atom is 0.115 e. The molecular weight excluding hydrogens is 124 g/mol. The lowest BCUT2D eigenvalue weighted by molar-refractivity contribution is 0.475. The van der Waals surface area contributed by atoms with E-state index in [2.05, 4.69) is 6.08 Å². The third kappa shape index (κ3) is 0.903. The maximum absolute atomic E-state index is 8.94. The number of hydrogen-bond donors (Lipinski definition) is 1. The lowest BCUT2D eigenvalue weighted by Crippen LogP contribution is -1.70. The molecule has 0 bridgehead atoms. The van der Waals surface area contributed by atoms with Gasteiger partial charge in [0, 0.05) is 0 Å². The second kappa shape index (κ2) is 1.87. The molecule has 0 amide bonds. The Kier molecular flexibility index (Phi) is 1.04. The minimum Gasteiger partial charge on any atom is -0.508 e. The molecule has 1 aromatic carbocycles. The standard InChI is InChI=1S/C9H8O/c10-9-5-3-8(4-6-9)7-1-2-7/h1,3-6,10H,2H2. The third-order valence-corrected chi connectivity index (χ3v) is 1.65. The molecule has 0 spiro atoms. The fraction of sp³-hybridized carbons (Fsp3) is 0.111. The molecule has 1 aliphatic carbocycles. The van der Waals surface area contributed by atoms with E-state index in [1.807, 2.05) is 12.1 Å². The summed E-state index contributed by atoms with van der Waals surface area (Å²) in [6.45, 7) is 0. The van der Waals surface area contributed by atoms with Gasteiger partial charge in [-0.1, -0.05) is 18.2 Å². The molecule has 0 unspecified atom stereocenters. The van der Waals surface area contributed by atoms with Crippen LogP contribution in [0, 0.1) is 0 Å². The van der Waals surface area contributed by atoms with Crippen LogP contribution in [-0.4, -0.2) is 5.11 Å². The van der Waals surface area contributed by atoms with Gasteiger partial charge in [0.15, 0.2) is 0 Å². The molecule has 0 saturated carbocycles. The third-order valence-electron chi connectivity index (χ3n) is 1.65. The van der Waals surface area contributed by atoms with Gasteiger partial charge in [0.2, 0.25) is 0 Å². The minimum absolute atomic E-state index is 0.338. The maximum atomic E-state index is 8.94. The van der Waals surface area contributed by atoms with Crippen LogP contribution in [0.15, 0.2) is 30.3 Å². The van der Waals surface area contributed by atoms with Crippen LogP contribution in [-0.2, 0) is 0 Å². The summed E-state index contributed by atoms with van der Waals surface area (Å²) in [6, 6.07) is 7.31. The summed E-state index contributed by atoms with van der Waals surface area (Å²) in [5.41, 5.74) is 2.62. The van der Waals surface area contributed by atoms with Crippen LogP contribution in [0.25, 0.3) is 5.57 Å². The summed E-state index contributed by atoms with van der Waals surface area (Å²) in [5, 5.41) is 8.94. The van der Waals surface area contributed by atoms with Gasteiger partial charge >= 0.3 is 0 Å². The number of phenolic OH excluding ortho intramolecular Hbond substituents is 1. The molecular formula is C9H8O. The topological polar surface area (TPSA) is 20.2 Å². The average Bonchev–Trinajstić information content (AvgIpc) is 2.71. The van der Waals surface area contributed by atoms with Crippen LogP contribution in [0.1, 0.15) is 12.0 Å². The molecule has 0 saturated heterocycles. The Labute approximate surface area is 59.6 Å². The molecule has 10 heavy (non-hydrogen) atoms. The van der Waals surface area contributed by atoms with Crippen molar-refractivity contribution in [2.45, 2.75) is 6.42 Å². The Hall–Kier alpha value is -1.24. The van der Waals surface area contributed by atoms with Crippen molar-refractivity contribution in [1.29, 1.82) is 0 Å². The Morgan fingerprint density at radius 1 is 1.10 bits per heavy atom. The Bertz CT molecular complexity index is 269. The van der Waals surface area contributed by atoms with Crippen molar-refractivity contribution in [3.05, 3.63) is 35.9 Å². The highest BCUT2D eigenvalue weighted by molar-refractivity contribution is 5.77. The van der Waals surface area contributed by atoms with Gasteiger partial charge in [-0.3, -0.25) is 0 Å². The molecule has 0 atom stereocenters. The normalized spacial score (nSPS) is 14.6. The number of benzene rings is 1. The van der Waals surface area contributed by atoms with Gasteiger partial charge in [-0.25, -0.2) is 0 Å². The molecule has 0 aliphatic heterocycles. The Balaban J connectivity index is 2.37. The molecule has 0 radical (unpaired) electrons. The predicted octanol–water partition coefficient (Wildman–Crippen LogP) is 2.18. The molecule has 1 aliphatic rings. The van der Waals surface area contributed by atoms with Crippen LogP contribution in [0.5, 0.6) is 5.75 Å². The van der Waals surface area contributed by atoms with Crippen LogP contribution in [0.3, 0.4) is 0 Å². The van der Waals surface area contributed by atoms with E-state index >= 15 is 0 Å². The highest BCUT2D eigenvalue weighted by atomic mass is 16.3. The molecule has 2 rings (SSSR count). The first kappa shape index (κ1) is 5.54. The van der Waals surface area contributed by atoms with Gasteiger partial charge in [0.1, 0.15) is 5.75 Å². The lowest BCUT2D eigenvalue weighted by atomic mass is 10.2. The van der Waals surface area contributed by atoms with Crippen molar-refractivity contribution in [1.82, 2.24) is 0 Å². The zero-order chi connectivity index (χ0) is 6.97. The number of phenols is 1. The fourth-order valence-electron chi connectivity index (χ4n) is 0.962. The first-order valence-corrected chi connectivity index (χ1v) is 3.35. The van der Waals surface area contributed by atoms with E-state index < -0.39 is 0 Å². The van der Waals surface area contributed by atoms with E-state index in [-0.39, 0.29) is 0 Å². The second-order valence-electron chi connectivity index (χ2n) is 2.48. The smallest absolute Gasteiger partial charge is 0.115 e. The van der Waals surface area contributed by atoms with Gasteiger partial charge in [0.25, 0.3) is 0 Å². The summed E-state index contributed by atoms with van der Waals surface area (Å²) in [5.74, 6) is 0.338. The Morgan fingerprint density at radius 3 is 2.20 bits per heavy atom. The van der Waals surface area contributed by atoms with Crippen molar-refractivity contribution < 1.29 is 5.11 Å². The van der Waals surface area contributed by atoms with E-state index in [1.165, 1.54) is 11.1 Å². The second-order valence-corrected chi connectivity index (χ2v) is 2.48. The largest absolute Gasteiger partial charge is 0.508 e. The van der Waals surface area contributed by atoms with E-state index in [9.17, 15) is 0 Å². The summed E-state index contributed by atoms with van der Waals surface area (Å²) in [4.78, 5) is 0. The summed E-state index contributed by atoms with van der Waals surface area (Å²) >= 11 is 0. The van der Waals surface area contributed by atoms with Crippen molar-refractivity contribution >= 4 is 5.57 Å². The minimum atomic E-state index is 0.338. The van der Waals surface area contributed by atoms with Crippen LogP contribution >= 0.6 is 0 Å². The van der Waals surface area contributed by atoms with Crippen molar-refractivity contribution in [3.63, 3.8) is 0 Å². The zero-order valence-electron chi connectivity index (χ0n) is 5.54. The number of allylic oxidation sites excluding steroid dienone is 2. The fourth-order valence-corrected chi connectivity index (χ4v) is 0.962. The number of rotatable bonds is 1. The monoisotopic (exact) mass is 132 g/mol. The molecule has 1 nitrogen and oxygen atoms in total. The quantitative estimate of drug-likeness (QED) is 0.621. The highest BCUT2D eigenvalue weighted by Crippen LogP contribution is 2.31. The van der Waals surface area contributed by atoms with E-state index in [0.717, 1.165) is 6.42 Å². The van der Waals surface area contributed by atoms with Crippen molar-refractivity contribution in [3.8, 4) is 5.75 Å². The molecule has 0 aromatic heterocycles. The van der Waals surface area contributed by atoms with Crippen LogP contribution in [0.4, 0.5) is 0 Å². The molecule has 1 aromatic rings. The summed E-state index contributed by atoms with van der Waals surface area (Å²) < 4.78 is 0. The van der Waals surface area contributed by atoms with Gasteiger partial charge in [-0.15, -0.1) is 0 Å². The molecule has 50 valence electrons. The predicted molar refractivity (Wildman–Crippen MR) is 40.7 cm³/mol. The zero-order valence-corrected chi connectivity index (χ0v) is 5.54. The summed E-state index contributed by atoms with van der Waals surface area (Å²) in [7, 11) is 0. The van der Waals surface area contributed by atoms with E-state index in [0.29, 0.717) is 5.75 Å². The van der Waals surface area contributed by atoms with Gasteiger partial charge in [0.05, 0.1) is 0 Å². The van der Waals surface area contributed by atoms with Crippen molar-refractivity contribution in [2.75, 3.05) is 0 Å². The molecule has 0 heterocycles. The number of hydrogen-bond acceptors (Lipinski definition) is 1. The van der Waals surface area contributed by atoms with Gasteiger partial charge < -0.3 is 5.11 Å². The average molecular weight is 132 g/mol. The van der Waals surface area contributed by atoms with Crippen LogP contribution < -0.4 is 0 Å². The van der Waals surface area contributed by atoms with Crippen LogP contribution in [0.2, 0.25) is 0 Å². The van der Waals surface area contributed by atoms with E-state index in [4.69, 9.17) is 5.11 Å². The summed E-state index contributed by atoms with van der Waals surface area (Å²) in [6.07, 6.45) is 3.29. The lowest BCUT2D eigenvalue weighted by Gasteiger charge is -1.93. The van der Waals surface area contributed by atoms with E-state index in [1.54, 1.807) is 12.1 Å².